The predicted octanol–water partition coefficient (Wildman–Crippen LogP) is 2.87. The number of amides is 1. The molecule has 1 aromatic heterocycles. The zero-order valence-corrected chi connectivity index (χ0v) is 14.8. The van der Waals surface area contributed by atoms with Crippen molar-refractivity contribution in [3.8, 4) is 0 Å². The maximum absolute atomic E-state index is 11.3. The van der Waals surface area contributed by atoms with E-state index >= 15 is 0 Å². The molecule has 2 saturated heterocycles. The lowest BCUT2D eigenvalue weighted by atomic mass is 9.66. The van der Waals surface area contributed by atoms with E-state index in [0.717, 1.165) is 31.9 Å². The zero-order chi connectivity index (χ0) is 16.4. The van der Waals surface area contributed by atoms with Gasteiger partial charge in [0.05, 0.1) is 6.20 Å². The van der Waals surface area contributed by atoms with E-state index in [1.54, 1.807) is 6.20 Å². The highest BCUT2D eigenvalue weighted by Crippen LogP contribution is 2.61. The summed E-state index contributed by atoms with van der Waals surface area (Å²) >= 11 is 12.4. The smallest absolute Gasteiger partial charge is 0.224 e. The van der Waals surface area contributed by atoms with Crippen molar-refractivity contribution in [3.63, 3.8) is 0 Å². The van der Waals surface area contributed by atoms with Gasteiger partial charge >= 0.3 is 0 Å². The van der Waals surface area contributed by atoms with Crippen molar-refractivity contribution >= 4 is 35.4 Å². The summed E-state index contributed by atoms with van der Waals surface area (Å²) in [6.07, 6.45) is 5.01. The fraction of sp³-hybridized carbons (Fsp3) is 0.688. The Hall–Kier alpha value is -1.07. The largest absolute Gasteiger partial charge is 0.351 e. The average molecular weight is 355 g/mol. The van der Waals surface area contributed by atoms with Crippen LogP contribution in [0.4, 0.5) is 5.82 Å². The molecule has 3 fully saturated rings. The van der Waals surface area contributed by atoms with Gasteiger partial charge in [0.1, 0.15) is 5.02 Å². The SMILES string of the molecule is C[C@@]12CN(C=O)C[C@@]1(C)C(C1CC1)N(c1nc(Cl)ncc1Cl)C2. The molecule has 124 valence electrons. The van der Waals surface area contributed by atoms with Gasteiger partial charge in [0, 0.05) is 36.5 Å². The summed E-state index contributed by atoms with van der Waals surface area (Å²) in [5.74, 6) is 1.37. The van der Waals surface area contributed by atoms with Crippen LogP contribution in [-0.4, -0.2) is 47.0 Å². The summed E-state index contributed by atoms with van der Waals surface area (Å²) in [6, 6.07) is 0.334. The summed E-state index contributed by atoms with van der Waals surface area (Å²) in [6.45, 7) is 7.01. The van der Waals surface area contributed by atoms with Crippen LogP contribution in [0.3, 0.4) is 0 Å². The van der Waals surface area contributed by atoms with E-state index in [0.29, 0.717) is 17.0 Å². The van der Waals surface area contributed by atoms with E-state index in [1.165, 1.54) is 12.8 Å². The Morgan fingerprint density at radius 3 is 2.65 bits per heavy atom. The van der Waals surface area contributed by atoms with Crippen molar-refractivity contribution in [3.05, 3.63) is 16.5 Å². The Balaban J connectivity index is 1.78. The maximum atomic E-state index is 11.3. The number of aromatic nitrogens is 2. The third-order valence-electron chi connectivity index (χ3n) is 6.16. The van der Waals surface area contributed by atoms with Crippen LogP contribution in [0.15, 0.2) is 6.20 Å². The molecule has 23 heavy (non-hydrogen) atoms. The number of fused-ring (bicyclic) bond motifs is 1. The molecule has 1 aliphatic carbocycles. The standard InChI is InChI=1S/C16H20Cl2N4O/c1-15-6-21(9-23)8-16(15,2)12(10-3-4-10)22(7-15)13-11(17)5-19-14(18)20-13/h5,9-10,12H,3-4,6-8H2,1-2H3/t12?,15-,16-/m0/s1. The summed E-state index contributed by atoms with van der Waals surface area (Å²) in [7, 11) is 0. The van der Waals surface area contributed by atoms with E-state index < -0.39 is 0 Å². The molecule has 1 aromatic rings. The van der Waals surface area contributed by atoms with Gasteiger partial charge in [-0.1, -0.05) is 25.4 Å². The highest BCUT2D eigenvalue weighted by Gasteiger charge is 2.66. The van der Waals surface area contributed by atoms with E-state index in [-0.39, 0.29) is 16.1 Å². The van der Waals surface area contributed by atoms with Crippen molar-refractivity contribution in [2.24, 2.45) is 16.7 Å². The number of anilines is 1. The lowest BCUT2D eigenvalue weighted by Gasteiger charge is -2.37. The van der Waals surface area contributed by atoms with Crippen LogP contribution in [0.5, 0.6) is 0 Å². The number of carbonyl (C=O) groups is 1. The monoisotopic (exact) mass is 354 g/mol. The third-order valence-corrected chi connectivity index (χ3v) is 6.60. The molecule has 0 aromatic carbocycles. The molecule has 0 N–H and O–H groups in total. The number of carbonyl (C=O) groups excluding carboxylic acids is 1. The van der Waals surface area contributed by atoms with E-state index in [4.69, 9.17) is 23.2 Å². The summed E-state index contributed by atoms with van der Waals surface area (Å²) in [4.78, 5) is 23.9. The van der Waals surface area contributed by atoms with Gasteiger partial charge in [0.2, 0.25) is 11.7 Å². The van der Waals surface area contributed by atoms with Crippen LogP contribution in [-0.2, 0) is 4.79 Å². The first-order chi connectivity index (χ1) is 10.9. The summed E-state index contributed by atoms with van der Waals surface area (Å²) < 4.78 is 0. The molecule has 0 bridgehead atoms. The number of likely N-dealkylation sites (tertiary alicyclic amines) is 1. The summed E-state index contributed by atoms with van der Waals surface area (Å²) in [5.41, 5.74) is 0.0672. The minimum Gasteiger partial charge on any atom is -0.351 e. The molecule has 0 radical (unpaired) electrons. The Kier molecular flexibility index (Phi) is 3.34. The highest BCUT2D eigenvalue weighted by atomic mass is 35.5. The first-order valence-corrected chi connectivity index (χ1v) is 8.78. The van der Waals surface area contributed by atoms with Crippen molar-refractivity contribution in [2.45, 2.75) is 32.7 Å². The molecule has 2 aliphatic heterocycles. The van der Waals surface area contributed by atoms with Gasteiger partial charge in [0.15, 0.2) is 5.82 Å². The molecule has 0 spiro atoms. The second-order valence-corrected chi connectivity index (χ2v) is 8.45. The lowest BCUT2D eigenvalue weighted by molar-refractivity contribution is -0.117. The van der Waals surface area contributed by atoms with Crippen LogP contribution in [0.2, 0.25) is 10.3 Å². The average Bonchev–Trinajstić information content (AvgIpc) is 3.24. The minimum atomic E-state index is 0.0297. The number of hydrogen-bond acceptors (Lipinski definition) is 4. The summed E-state index contributed by atoms with van der Waals surface area (Å²) in [5, 5.41) is 0.764. The van der Waals surface area contributed by atoms with E-state index in [2.05, 4.69) is 28.7 Å². The van der Waals surface area contributed by atoms with E-state index in [1.807, 2.05) is 4.90 Å². The molecule has 5 nitrogen and oxygen atoms in total. The van der Waals surface area contributed by atoms with Gasteiger partial charge in [-0.15, -0.1) is 0 Å². The number of nitrogens with zero attached hydrogens (tertiary/aromatic N) is 4. The van der Waals surface area contributed by atoms with Crippen molar-refractivity contribution in [2.75, 3.05) is 24.5 Å². The Morgan fingerprint density at radius 2 is 2.00 bits per heavy atom. The Morgan fingerprint density at radius 1 is 1.26 bits per heavy atom. The molecule has 1 amide bonds. The topological polar surface area (TPSA) is 49.3 Å². The van der Waals surface area contributed by atoms with Crippen molar-refractivity contribution in [1.82, 2.24) is 14.9 Å². The molecule has 4 rings (SSSR count). The first-order valence-electron chi connectivity index (χ1n) is 8.02. The first kappa shape index (κ1) is 15.5. The van der Waals surface area contributed by atoms with Crippen LogP contribution in [0.25, 0.3) is 0 Å². The quantitative estimate of drug-likeness (QED) is 0.618. The Labute approximate surface area is 146 Å². The molecule has 1 saturated carbocycles. The molecular weight excluding hydrogens is 335 g/mol. The van der Waals surface area contributed by atoms with Crippen molar-refractivity contribution < 1.29 is 4.79 Å². The van der Waals surface area contributed by atoms with Crippen LogP contribution >= 0.6 is 23.2 Å². The highest BCUT2D eigenvalue weighted by molar-refractivity contribution is 6.33. The van der Waals surface area contributed by atoms with Gasteiger partial charge in [-0.2, -0.15) is 4.98 Å². The van der Waals surface area contributed by atoms with Crippen molar-refractivity contribution in [1.29, 1.82) is 0 Å². The fourth-order valence-corrected chi connectivity index (χ4v) is 5.13. The van der Waals surface area contributed by atoms with Gasteiger partial charge in [0.25, 0.3) is 0 Å². The lowest BCUT2D eigenvalue weighted by Crippen LogP contribution is -2.45. The van der Waals surface area contributed by atoms with Gasteiger partial charge in [-0.3, -0.25) is 4.79 Å². The molecule has 3 heterocycles. The molecule has 3 atom stereocenters. The number of hydrogen-bond donors (Lipinski definition) is 0. The molecular formula is C16H20Cl2N4O. The van der Waals surface area contributed by atoms with Gasteiger partial charge in [-0.25, -0.2) is 4.98 Å². The normalized spacial score (nSPS) is 36.4. The zero-order valence-electron chi connectivity index (χ0n) is 13.3. The van der Waals surface area contributed by atoms with E-state index in [9.17, 15) is 4.79 Å². The molecule has 3 aliphatic rings. The Bertz CT molecular complexity index is 667. The number of rotatable bonds is 3. The second kappa shape index (κ2) is 4.96. The van der Waals surface area contributed by atoms with Crippen LogP contribution in [0.1, 0.15) is 26.7 Å². The molecule has 7 heteroatoms. The number of halogens is 2. The van der Waals surface area contributed by atoms with Crippen LogP contribution in [0, 0.1) is 16.7 Å². The third kappa shape index (κ3) is 2.16. The minimum absolute atomic E-state index is 0.0297. The molecule has 1 unspecified atom stereocenters. The van der Waals surface area contributed by atoms with Gasteiger partial charge < -0.3 is 9.80 Å². The fourth-order valence-electron chi connectivity index (χ4n) is 4.80. The predicted molar refractivity (Wildman–Crippen MR) is 89.8 cm³/mol. The maximum Gasteiger partial charge on any atom is 0.224 e. The van der Waals surface area contributed by atoms with Crippen LogP contribution < -0.4 is 4.90 Å². The van der Waals surface area contributed by atoms with Gasteiger partial charge in [-0.05, 0) is 30.4 Å². The second-order valence-electron chi connectivity index (χ2n) is 7.71.